The Labute approximate surface area is 713 Å². The van der Waals surface area contributed by atoms with E-state index in [0.29, 0.717) is 58.6 Å². The molecule has 6 aromatic rings. The molecule has 2 fully saturated rings. The van der Waals surface area contributed by atoms with Crippen molar-refractivity contribution in [3.8, 4) is 17.2 Å². The van der Waals surface area contributed by atoms with Crippen molar-refractivity contribution in [1.29, 1.82) is 0 Å². The van der Waals surface area contributed by atoms with Crippen LogP contribution in [0.1, 0.15) is 293 Å². The second-order valence-electron chi connectivity index (χ2n) is 36.1. The zero-order valence-electron chi connectivity index (χ0n) is 73.8. The van der Waals surface area contributed by atoms with Crippen LogP contribution in [0.5, 0.6) is 11.5 Å². The molecule has 5 aromatic carbocycles. The van der Waals surface area contributed by atoms with Crippen LogP contribution in [0.4, 0.5) is 9.59 Å². The molecule has 4 aliphatic rings. The zero-order valence-corrected chi connectivity index (χ0v) is 75.7. The van der Waals surface area contributed by atoms with Crippen molar-refractivity contribution >= 4 is 81.7 Å². The molecule has 1 N–H and O–H groups in total. The fourth-order valence-corrected chi connectivity index (χ4v) is 19.7. The number of ether oxygens (including phenoxy) is 7. The van der Waals surface area contributed by atoms with E-state index in [1.807, 2.05) is 142 Å². The van der Waals surface area contributed by atoms with Gasteiger partial charge in [0, 0.05) is 29.5 Å². The van der Waals surface area contributed by atoms with Crippen LogP contribution in [0.25, 0.3) is 5.69 Å². The van der Waals surface area contributed by atoms with Gasteiger partial charge in [-0.25, -0.2) is 23.6 Å². The van der Waals surface area contributed by atoms with Crippen LogP contribution < -0.4 is 30.8 Å². The summed E-state index contributed by atoms with van der Waals surface area (Å²) in [4.78, 5) is 79.3. The maximum Gasteiger partial charge on any atom is 0.514 e. The monoisotopic (exact) mass is 1690 g/mol. The molecule has 24 nitrogen and oxygen atoms in total. The number of benzene rings is 5. The van der Waals surface area contributed by atoms with Crippen molar-refractivity contribution in [3.63, 3.8) is 0 Å². The van der Waals surface area contributed by atoms with E-state index >= 15 is 0 Å². The highest BCUT2D eigenvalue weighted by Crippen LogP contribution is 2.51. The Bertz CT molecular complexity index is 4240. The predicted octanol–water partition coefficient (Wildman–Crippen LogP) is 18.0. The minimum atomic E-state index is -4.72. The lowest BCUT2D eigenvalue weighted by Crippen LogP contribution is -2.63. The van der Waals surface area contributed by atoms with E-state index in [-0.39, 0.29) is 67.4 Å². The standard InChI is InChI=1S/C92H131B2N4O20PSi/c1-15-17-19-21-23-25-27-29-31-33-35-37-39-41-83(99)106-66-76(111-84(100)42-40-38-36-34-32-30-28-26-24-22-20-18-16-2)67-110-119(104,105)109-58-57-98(11,12)63-72-62-97(96-95-72)73-51-54-78-77(59-73)85(101)114-92(78)79-55-52-74(112-86(102)107-64-68-43-47-70(48-44-68)93-115-88(3,4)89(5,6)116-93)60-81(79)120(13,14)82-61-75(53-56-80(82)92)113-87(103)108-65-69-45-49-71(50-46-69)94-117-90(7,8)91(9,10)118-94/h43-56,59-62,76H,15-42,57-58,63-67H2,1-14H3/p+1. The van der Waals surface area contributed by atoms with E-state index in [4.69, 9.17) is 60.8 Å². The number of nitrogens with zero attached hydrogens (tertiary/aromatic N) is 4. The molecule has 2 saturated heterocycles. The summed E-state index contributed by atoms with van der Waals surface area (Å²) in [6.07, 6.45) is 29.5. The number of carbonyl (C=O) groups is 5. The molecule has 0 aliphatic carbocycles. The number of esters is 3. The number of unbranched alkanes of at least 4 members (excludes halogenated alkanes) is 24. The summed E-state index contributed by atoms with van der Waals surface area (Å²) in [5.74, 6) is -1.18. The summed E-state index contributed by atoms with van der Waals surface area (Å²) in [5, 5.41) is 10.5. The Hall–Kier alpha value is -7.55. The van der Waals surface area contributed by atoms with Crippen LogP contribution in [0.2, 0.25) is 13.1 Å². The Morgan fingerprint density at radius 2 is 0.942 bits per heavy atom. The second-order valence-corrected chi connectivity index (χ2v) is 41.9. The highest BCUT2D eigenvalue weighted by atomic mass is 31.2. The quantitative estimate of drug-likeness (QED) is 0.00707. The average Bonchev–Trinajstić information content (AvgIpc) is 1.42. The number of hydrogen-bond acceptors (Lipinski definition) is 21. The predicted molar refractivity (Wildman–Crippen MR) is 466 cm³/mol. The molecular weight excluding hydrogens is 1560 g/mol. The van der Waals surface area contributed by atoms with Crippen molar-refractivity contribution in [2.24, 2.45) is 0 Å². The van der Waals surface area contributed by atoms with E-state index < -0.39 is 101 Å². The van der Waals surface area contributed by atoms with Gasteiger partial charge in [-0.05, 0) is 137 Å². The lowest BCUT2D eigenvalue weighted by atomic mass is 9.79. The first-order chi connectivity index (χ1) is 57.1. The van der Waals surface area contributed by atoms with Gasteiger partial charge in [0.15, 0.2) is 11.7 Å². The first-order valence-electron chi connectivity index (χ1n) is 44.1. The highest BCUT2D eigenvalue weighted by Gasteiger charge is 2.57. The molecule has 10 rings (SSSR count). The fraction of sp³-hybridized carbons (Fsp3) is 0.598. The van der Waals surface area contributed by atoms with Crippen LogP contribution in [0.3, 0.4) is 0 Å². The van der Waals surface area contributed by atoms with Gasteiger partial charge in [-0.3, -0.25) is 18.6 Å². The Morgan fingerprint density at radius 3 is 1.38 bits per heavy atom. The van der Waals surface area contributed by atoms with Crippen LogP contribution in [0.15, 0.2) is 109 Å². The third-order valence-electron chi connectivity index (χ3n) is 24.5. The molecule has 0 radical (unpaired) electrons. The van der Waals surface area contributed by atoms with Crippen LogP contribution >= 0.6 is 7.82 Å². The van der Waals surface area contributed by atoms with E-state index in [2.05, 4.69) is 37.3 Å². The lowest BCUT2D eigenvalue weighted by Gasteiger charge is -2.43. The number of fused-ring (bicyclic) bond motifs is 6. The van der Waals surface area contributed by atoms with Gasteiger partial charge in [-0.2, -0.15) is 0 Å². The van der Waals surface area contributed by atoms with Crippen molar-refractivity contribution in [2.45, 2.75) is 316 Å². The maximum absolute atomic E-state index is 14.8. The Morgan fingerprint density at radius 1 is 0.525 bits per heavy atom. The molecule has 2 atom stereocenters. The van der Waals surface area contributed by atoms with Gasteiger partial charge in [0.05, 0.1) is 60.6 Å². The molecule has 5 heterocycles. The summed E-state index contributed by atoms with van der Waals surface area (Å²) < 4.78 is 92.5. The lowest BCUT2D eigenvalue weighted by molar-refractivity contribution is -0.904. The fourth-order valence-electron chi connectivity index (χ4n) is 15.8. The first kappa shape index (κ1) is 94.7. The molecule has 120 heavy (non-hydrogen) atoms. The average molecular weight is 1690 g/mol. The molecule has 0 bridgehead atoms. The second kappa shape index (κ2) is 43.2. The molecule has 1 spiro atoms. The van der Waals surface area contributed by atoms with Crippen LogP contribution in [-0.4, -0.2) is 146 Å². The number of phosphoric ester groups is 1. The number of phosphoric acid groups is 1. The van der Waals surface area contributed by atoms with Gasteiger partial charge in [0.25, 0.3) is 0 Å². The molecule has 4 aliphatic heterocycles. The number of likely N-dealkylation sites (N-methyl/N-ethyl adjacent to an activating group) is 1. The van der Waals surface area contributed by atoms with Gasteiger partial charge in [-0.15, -0.1) is 5.10 Å². The molecule has 28 heteroatoms. The summed E-state index contributed by atoms with van der Waals surface area (Å²) in [7, 11) is -5.01. The molecule has 2 unspecified atom stereocenters. The zero-order chi connectivity index (χ0) is 86.4. The van der Waals surface area contributed by atoms with Crippen molar-refractivity contribution in [3.05, 3.63) is 148 Å². The van der Waals surface area contributed by atoms with Gasteiger partial charge in [0.2, 0.25) is 0 Å². The number of carbonyl (C=O) groups excluding carboxylic acids is 5. The first-order valence-corrected chi connectivity index (χ1v) is 48.6. The van der Waals surface area contributed by atoms with E-state index in [1.54, 1.807) is 41.2 Å². The topological polar surface area (TPSA) is 273 Å². The number of quaternary nitrogens is 1. The van der Waals surface area contributed by atoms with Gasteiger partial charge < -0.3 is 61.2 Å². The molecule has 1 aromatic heterocycles. The minimum absolute atomic E-state index is 0.0815. The Balaban J connectivity index is 0.770. The molecule has 654 valence electrons. The van der Waals surface area contributed by atoms with E-state index in [1.165, 1.54) is 116 Å². The summed E-state index contributed by atoms with van der Waals surface area (Å²) in [6.45, 7) is 23.9. The van der Waals surface area contributed by atoms with Crippen LogP contribution in [-0.2, 0) is 90.9 Å². The summed E-state index contributed by atoms with van der Waals surface area (Å²) >= 11 is 0. The number of aromatic nitrogens is 3. The van der Waals surface area contributed by atoms with Crippen LogP contribution in [0, 0.1) is 0 Å². The largest absolute Gasteiger partial charge is 0.514 e. The molecular formula is C92H132B2N4O20PSi+. The SMILES string of the molecule is CCCCCCCCCCCCCCCC(=O)OCC(COP(=O)(O)OCC[N+](C)(C)Cc1cn(-c2ccc3c(c2)C(=O)OC32c3ccc(OC(=O)OCc4ccc(B5OC(C)(C)C(C)(C)O5)cc4)cc3[Si](C)(C)c3cc(OC(=O)OCc4ccc(B5OC(C)(C)C(C)(C)O5)cc4)ccc32)nn1)OC(=O)CCCCCCCCCCCCCCC. The summed E-state index contributed by atoms with van der Waals surface area (Å²) in [5.41, 5.74) is 2.62. The third kappa shape index (κ3) is 26.0. The maximum atomic E-state index is 14.8. The highest BCUT2D eigenvalue weighted by molar-refractivity contribution is 7.47. The third-order valence-corrected chi connectivity index (χ3v) is 29.0. The summed E-state index contributed by atoms with van der Waals surface area (Å²) in [6, 6.07) is 30.7. The smallest absolute Gasteiger partial charge is 0.462 e. The van der Waals surface area contributed by atoms with E-state index in [9.17, 15) is 33.4 Å². The normalized spacial score (nSPS) is 17.0. The number of hydrogen-bond donors (Lipinski definition) is 1. The minimum Gasteiger partial charge on any atom is -0.462 e. The molecule has 0 amide bonds. The Kier molecular flexibility index (Phi) is 34.1. The van der Waals surface area contributed by atoms with Crippen molar-refractivity contribution < 1.29 is 98.7 Å². The van der Waals surface area contributed by atoms with Gasteiger partial charge >= 0.3 is 52.3 Å². The van der Waals surface area contributed by atoms with Crippen molar-refractivity contribution in [1.82, 2.24) is 15.0 Å². The number of rotatable bonds is 49. The van der Waals surface area contributed by atoms with Gasteiger partial charge in [0.1, 0.15) is 64.8 Å². The van der Waals surface area contributed by atoms with Crippen molar-refractivity contribution in [2.75, 3.05) is 40.5 Å². The van der Waals surface area contributed by atoms with Gasteiger partial charge in [-0.1, -0.05) is 253 Å². The molecule has 0 saturated carbocycles. The van der Waals surface area contributed by atoms with E-state index in [0.717, 1.165) is 59.8 Å².